The fourth-order valence-electron chi connectivity index (χ4n) is 12.6. The minimum absolute atomic E-state index is 0.00213. The summed E-state index contributed by atoms with van der Waals surface area (Å²) in [6, 6.07) is 0. The van der Waals surface area contributed by atoms with Crippen molar-refractivity contribution in [2.75, 3.05) is 183 Å². The number of esters is 10. The van der Waals surface area contributed by atoms with Crippen molar-refractivity contribution in [1.29, 1.82) is 0 Å². The lowest BCUT2D eigenvalue weighted by atomic mass is 10.1. The minimum atomic E-state index is -0.499. The Hall–Kier alpha value is -3.67. The topological polar surface area (TPSA) is 273 Å². The van der Waals surface area contributed by atoms with E-state index < -0.39 is 29.8 Å². The van der Waals surface area contributed by atoms with Crippen LogP contribution in [0.15, 0.2) is 0 Å². The van der Waals surface area contributed by atoms with Crippen molar-refractivity contribution in [3.05, 3.63) is 0 Å². The third-order valence-electron chi connectivity index (χ3n) is 20.3. The zero-order valence-electron chi connectivity index (χ0n) is 76.8. The fraction of sp³-hybridized carbons (Fsp3) is 0.891. The van der Waals surface area contributed by atoms with E-state index in [9.17, 15) is 47.9 Å². The SMILES string of the molecule is CCCCCCCCSCC(C)C(=O)OCCOC(=O)CCN(CCCCN(CCC(=O)OCCOC(=O)C(C)CSCCCCCCCC)CCC(=O)OCCOC(=O)C(C)CSCCCCCCCC)CCCN(CCC(=O)OCCOC(=O)C(C)CSCCCCCCCC)CCC(=O)OCCOC(=O)C(C)CSCCCCCCCC. The Morgan fingerprint density at radius 2 is 0.358 bits per heavy atom. The van der Waals surface area contributed by atoms with E-state index in [0.717, 1.165) is 60.9 Å². The van der Waals surface area contributed by atoms with Gasteiger partial charge in [-0.1, -0.05) is 230 Å². The fourth-order valence-corrected chi connectivity index (χ4v) is 17.9. The van der Waals surface area contributed by atoms with Crippen molar-refractivity contribution in [3.8, 4) is 0 Å². The number of rotatable bonds is 89. The molecule has 23 nitrogen and oxygen atoms in total. The van der Waals surface area contributed by atoms with E-state index in [1.54, 1.807) is 58.8 Å². The van der Waals surface area contributed by atoms with Crippen molar-refractivity contribution in [1.82, 2.24) is 14.7 Å². The molecule has 0 heterocycles. The molecule has 0 aliphatic heterocycles. The maximum Gasteiger partial charge on any atom is 0.309 e. The van der Waals surface area contributed by atoms with Gasteiger partial charge in [0.2, 0.25) is 0 Å². The molecule has 0 saturated heterocycles. The number of ether oxygens (including phenoxy) is 10. The Morgan fingerprint density at radius 3 is 0.550 bits per heavy atom. The average molecular weight is 1800 g/mol. The van der Waals surface area contributed by atoms with Crippen LogP contribution in [0.25, 0.3) is 0 Å². The summed E-state index contributed by atoms with van der Waals surface area (Å²) in [6.07, 6.45) is 38.1. The number of unbranched alkanes of at least 4 members (excludes halogenated alkanes) is 26. The van der Waals surface area contributed by atoms with E-state index in [-0.39, 0.29) is 184 Å². The first kappa shape index (κ1) is 116. The molecule has 0 aromatic rings. The highest BCUT2D eigenvalue weighted by molar-refractivity contribution is 8.00. The number of nitrogens with zero attached hydrogens (tertiary/aromatic N) is 3. The van der Waals surface area contributed by atoms with Gasteiger partial charge in [0.05, 0.1) is 61.7 Å². The second-order valence-electron chi connectivity index (χ2n) is 32.0. The molecule has 0 bridgehead atoms. The first-order chi connectivity index (χ1) is 58.2. The van der Waals surface area contributed by atoms with Crippen LogP contribution in [0, 0.1) is 29.6 Å². The van der Waals surface area contributed by atoms with Gasteiger partial charge in [-0.2, -0.15) is 58.8 Å². The number of thioether (sulfide) groups is 5. The molecule has 0 aliphatic carbocycles. The lowest BCUT2D eigenvalue weighted by molar-refractivity contribution is -0.154. The van der Waals surface area contributed by atoms with E-state index in [1.165, 1.54) is 161 Å². The maximum absolute atomic E-state index is 13.4. The molecule has 702 valence electrons. The Labute approximate surface area is 749 Å². The molecule has 0 aromatic heterocycles. The third kappa shape index (κ3) is 75.6. The largest absolute Gasteiger partial charge is 0.462 e. The normalized spacial score (nSPS) is 12.7. The molecule has 120 heavy (non-hydrogen) atoms. The Morgan fingerprint density at radius 1 is 0.200 bits per heavy atom. The third-order valence-corrected chi connectivity index (χ3v) is 26.9. The smallest absolute Gasteiger partial charge is 0.309 e. The Balaban J connectivity index is 6.42. The van der Waals surface area contributed by atoms with Crippen LogP contribution < -0.4 is 0 Å². The Kier molecular flexibility index (Phi) is 83.5. The van der Waals surface area contributed by atoms with Crippen LogP contribution in [-0.2, 0) is 95.3 Å². The molecular formula is C92H169N3O20S5. The molecule has 0 fully saturated rings. The summed E-state index contributed by atoms with van der Waals surface area (Å²) >= 11 is 8.74. The lowest BCUT2D eigenvalue weighted by Gasteiger charge is -2.26. The van der Waals surface area contributed by atoms with Crippen LogP contribution >= 0.6 is 58.8 Å². The standard InChI is InChI=1S/C92H169N3O20S5/c1-11-16-21-26-31-38-68-116-73-78(6)88(101)111-63-58-106-83(96)44-53-93(51-43-52-95(56-47-86(99)109-61-66-114-91(104)81(9)76-119-71-41-34-29-24-19-14-4)57-48-87(100)110-62-67-115-92(105)82(10)77-120-72-42-35-30-25-20-15-5)49-36-37-50-94(54-45-84(97)107-59-64-112-89(102)79(7)74-117-69-39-32-27-22-17-12-2)55-46-85(98)108-60-65-113-90(103)80(8)75-118-70-40-33-28-23-18-13-3/h78-82H,11-77H2,1-10H3. The summed E-state index contributed by atoms with van der Waals surface area (Å²) < 4.78 is 55.2. The van der Waals surface area contributed by atoms with E-state index in [4.69, 9.17) is 47.4 Å². The molecule has 0 aliphatic rings. The molecule has 28 heteroatoms. The van der Waals surface area contributed by atoms with E-state index in [0.29, 0.717) is 80.8 Å². The van der Waals surface area contributed by atoms with Crippen LogP contribution in [0.1, 0.15) is 313 Å². The van der Waals surface area contributed by atoms with Crippen molar-refractivity contribution in [3.63, 3.8) is 0 Å². The van der Waals surface area contributed by atoms with Crippen LogP contribution in [0.3, 0.4) is 0 Å². The second kappa shape index (κ2) is 86.1. The van der Waals surface area contributed by atoms with Crippen LogP contribution in [0.4, 0.5) is 0 Å². The highest BCUT2D eigenvalue weighted by Crippen LogP contribution is 2.21. The number of hydrogen-bond donors (Lipinski definition) is 0. The van der Waals surface area contributed by atoms with Crippen LogP contribution in [0.2, 0.25) is 0 Å². The van der Waals surface area contributed by atoms with Gasteiger partial charge < -0.3 is 62.1 Å². The highest BCUT2D eigenvalue weighted by atomic mass is 32.2. The molecule has 5 unspecified atom stereocenters. The van der Waals surface area contributed by atoms with Gasteiger partial charge in [-0.3, -0.25) is 47.9 Å². The van der Waals surface area contributed by atoms with Gasteiger partial charge in [0.1, 0.15) is 66.1 Å². The molecule has 0 amide bonds. The molecule has 0 spiro atoms. The minimum Gasteiger partial charge on any atom is -0.462 e. The van der Waals surface area contributed by atoms with E-state index in [2.05, 4.69) is 39.5 Å². The number of carbonyl (C=O) groups is 10. The van der Waals surface area contributed by atoms with Gasteiger partial charge in [0, 0.05) is 61.5 Å². The van der Waals surface area contributed by atoms with Gasteiger partial charge in [-0.15, -0.1) is 0 Å². The van der Waals surface area contributed by atoms with Gasteiger partial charge in [0.15, 0.2) is 0 Å². The predicted octanol–water partition coefficient (Wildman–Crippen LogP) is 19.1. The molecular weight excluding hydrogens is 1630 g/mol. The molecule has 0 rings (SSSR count). The van der Waals surface area contributed by atoms with Gasteiger partial charge >= 0.3 is 59.7 Å². The lowest BCUT2D eigenvalue weighted by Crippen LogP contribution is -2.35. The van der Waals surface area contributed by atoms with Crippen LogP contribution in [0.5, 0.6) is 0 Å². The maximum atomic E-state index is 13.4. The van der Waals surface area contributed by atoms with Gasteiger partial charge in [-0.05, 0) is 106 Å². The summed E-state index contributed by atoms with van der Waals surface area (Å²) in [7, 11) is 0. The quantitative estimate of drug-likeness (QED) is 0.0311. The first-order valence-electron chi connectivity index (χ1n) is 46.9. The van der Waals surface area contributed by atoms with Gasteiger partial charge in [-0.25, -0.2) is 0 Å². The Bertz CT molecular complexity index is 2410. The molecule has 0 radical (unpaired) electrons. The van der Waals surface area contributed by atoms with E-state index >= 15 is 0 Å². The van der Waals surface area contributed by atoms with Crippen LogP contribution in [-0.4, -0.2) is 257 Å². The molecule has 0 saturated carbocycles. The zero-order valence-corrected chi connectivity index (χ0v) is 80.9. The summed E-state index contributed by atoms with van der Waals surface area (Å²) in [5, 5.41) is 0. The molecule has 5 atom stereocenters. The van der Waals surface area contributed by atoms with Crippen molar-refractivity contribution >= 4 is 119 Å². The van der Waals surface area contributed by atoms with Gasteiger partial charge in [0.25, 0.3) is 0 Å². The summed E-state index contributed by atoms with van der Waals surface area (Å²) in [5.41, 5.74) is 0. The van der Waals surface area contributed by atoms with Crippen molar-refractivity contribution < 1.29 is 95.3 Å². The first-order valence-corrected chi connectivity index (χ1v) is 52.7. The average Bonchev–Trinajstić information content (AvgIpc) is 1.26. The number of carbonyl (C=O) groups excluding carboxylic acids is 10. The second-order valence-corrected chi connectivity index (χ2v) is 37.7. The summed E-state index contributed by atoms with van der Waals surface area (Å²) in [5.74, 6) is 2.59. The van der Waals surface area contributed by atoms with E-state index in [1.807, 2.05) is 44.4 Å². The monoisotopic (exact) mass is 1800 g/mol. The van der Waals surface area contributed by atoms with Crippen molar-refractivity contribution in [2.45, 2.75) is 313 Å². The summed E-state index contributed by atoms with van der Waals surface area (Å²) in [4.78, 5) is 137. The highest BCUT2D eigenvalue weighted by Gasteiger charge is 2.23. The zero-order chi connectivity index (χ0) is 88.4. The molecule has 0 N–H and O–H groups in total. The van der Waals surface area contributed by atoms with Crippen molar-refractivity contribution in [2.24, 2.45) is 29.6 Å². The molecule has 0 aromatic carbocycles. The number of hydrogen-bond acceptors (Lipinski definition) is 28. The predicted molar refractivity (Wildman–Crippen MR) is 495 cm³/mol. The summed E-state index contributed by atoms with van der Waals surface area (Å²) in [6.45, 7) is 22.6.